The Balaban J connectivity index is 1.32. The van der Waals surface area contributed by atoms with Crippen molar-refractivity contribution in [3.05, 3.63) is 10.6 Å². The molecule has 0 radical (unpaired) electrons. The average molecular weight is 336 g/mol. The van der Waals surface area contributed by atoms with Crippen LogP contribution in [-0.2, 0) is 9.53 Å². The Hall–Kier alpha value is -1.54. The summed E-state index contributed by atoms with van der Waals surface area (Å²) in [6.45, 7) is 4.93. The fraction of sp³-hybridized carbons (Fsp3) is 0.733. The number of carbonyl (C=O) groups excluding carboxylic acids is 2. The van der Waals surface area contributed by atoms with Crippen LogP contribution in [0.4, 0.5) is 0 Å². The number of nitrogens with zero attached hydrogens (tertiary/aromatic N) is 4. The lowest BCUT2D eigenvalue weighted by molar-refractivity contribution is -0.137. The zero-order valence-electron chi connectivity index (χ0n) is 13.1. The average Bonchev–Trinajstić information content (AvgIpc) is 3.10. The third kappa shape index (κ3) is 2.74. The highest BCUT2D eigenvalue weighted by Crippen LogP contribution is 2.35. The molecule has 1 aromatic rings. The number of likely N-dealkylation sites (tertiary alicyclic amines) is 2. The molecule has 0 bridgehead atoms. The third-order valence-corrected chi connectivity index (χ3v) is 5.70. The smallest absolute Gasteiger partial charge is 0.275 e. The van der Waals surface area contributed by atoms with E-state index in [4.69, 9.17) is 4.74 Å². The van der Waals surface area contributed by atoms with Crippen LogP contribution in [-0.4, -0.2) is 69.6 Å². The van der Waals surface area contributed by atoms with E-state index in [0.717, 1.165) is 30.8 Å². The summed E-state index contributed by atoms with van der Waals surface area (Å²) in [5.74, 6) is 0.487. The molecule has 1 aromatic heterocycles. The molecule has 0 unspecified atom stereocenters. The zero-order valence-corrected chi connectivity index (χ0v) is 13.9. The quantitative estimate of drug-likeness (QED) is 0.812. The van der Waals surface area contributed by atoms with Crippen LogP contribution in [0.1, 0.15) is 34.6 Å². The van der Waals surface area contributed by atoms with Crippen LogP contribution in [0.5, 0.6) is 0 Å². The molecule has 0 spiro atoms. The molecule has 3 atom stereocenters. The molecule has 0 saturated carbocycles. The minimum absolute atomic E-state index is 0.0121. The largest absolute Gasteiger partial charge is 0.372 e. The van der Waals surface area contributed by atoms with Crippen LogP contribution in [0.15, 0.2) is 0 Å². The first kappa shape index (κ1) is 15.0. The van der Waals surface area contributed by atoms with E-state index in [9.17, 15) is 9.59 Å². The van der Waals surface area contributed by atoms with Crippen LogP contribution < -0.4 is 0 Å². The van der Waals surface area contributed by atoms with Gasteiger partial charge in [0.05, 0.1) is 23.5 Å². The second-order valence-corrected chi connectivity index (χ2v) is 7.58. The predicted octanol–water partition coefficient (Wildman–Crippen LogP) is 0.698. The van der Waals surface area contributed by atoms with Gasteiger partial charge in [0.25, 0.3) is 5.91 Å². The molecule has 23 heavy (non-hydrogen) atoms. The standard InChI is InChI=1S/C15H20N4O3S/c1-9-14(16-17-23-9)15(21)19-7-10-5-11(22-12(10)8-19)6-13(20)18-3-2-4-18/h10-12H,2-8H2,1H3/t10-,11-,12+/m0/s1. The number of ether oxygens (including phenoxy) is 1. The Morgan fingerprint density at radius 1 is 1.30 bits per heavy atom. The summed E-state index contributed by atoms with van der Waals surface area (Å²) in [6, 6.07) is 0. The van der Waals surface area contributed by atoms with E-state index in [1.165, 1.54) is 11.5 Å². The van der Waals surface area contributed by atoms with Crippen LogP contribution in [0.2, 0.25) is 0 Å². The summed E-state index contributed by atoms with van der Waals surface area (Å²) in [6.07, 6.45) is 2.53. The zero-order chi connectivity index (χ0) is 16.0. The number of aromatic nitrogens is 2. The molecular formula is C15H20N4O3S. The molecule has 4 heterocycles. The van der Waals surface area contributed by atoms with Crippen molar-refractivity contribution in [3.8, 4) is 0 Å². The van der Waals surface area contributed by atoms with Crippen molar-refractivity contribution in [2.45, 2.75) is 38.4 Å². The van der Waals surface area contributed by atoms with Crippen LogP contribution in [0, 0.1) is 12.8 Å². The van der Waals surface area contributed by atoms with Gasteiger partial charge in [0.2, 0.25) is 5.91 Å². The van der Waals surface area contributed by atoms with E-state index < -0.39 is 0 Å². The number of aryl methyl sites for hydroxylation is 1. The van der Waals surface area contributed by atoms with Crippen molar-refractivity contribution >= 4 is 23.3 Å². The Labute approximate surface area is 138 Å². The van der Waals surface area contributed by atoms with E-state index >= 15 is 0 Å². The minimum atomic E-state index is -0.0533. The lowest BCUT2D eigenvalue weighted by Crippen LogP contribution is -2.43. The van der Waals surface area contributed by atoms with Gasteiger partial charge < -0.3 is 14.5 Å². The Kier molecular flexibility index (Phi) is 3.81. The van der Waals surface area contributed by atoms with Crippen molar-refractivity contribution in [1.29, 1.82) is 0 Å². The maximum absolute atomic E-state index is 12.5. The lowest BCUT2D eigenvalue weighted by Gasteiger charge is -2.31. The van der Waals surface area contributed by atoms with Crippen molar-refractivity contribution in [1.82, 2.24) is 19.4 Å². The number of amides is 2. The first-order valence-corrected chi connectivity index (χ1v) is 8.90. The molecule has 124 valence electrons. The van der Waals surface area contributed by atoms with Gasteiger partial charge in [-0.1, -0.05) is 4.49 Å². The molecule has 0 aromatic carbocycles. The molecule has 0 aliphatic carbocycles. The number of hydrogen-bond acceptors (Lipinski definition) is 6. The number of fused-ring (bicyclic) bond motifs is 1. The van der Waals surface area contributed by atoms with Gasteiger partial charge in [-0.25, -0.2) is 0 Å². The first-order chi connectivity index (χ1) is 11.1. The van der Waals surface area contributed by atoms with Crippen molar-refractivity contribution < 1.29 is 14.3 Å². The molecule has 8 heteroatoms. The molecule has 3 aliphatic heterocycles. The second-order valence-electron chi connectivity index (χ2n) is 6.62. The molecule has 2 amide bonds. The van der Waals surface area contributed by atoms with Gasteiger partial charge in [0.1, 0.15) is 0 Å². The van der Waals surface area contributed by atoms with E-state index in [1.54, 1.807) is 0 Å². The van der Waals surface area contributed by atoms with Gasteiger partial charge >= 0.3 is 0 Å². The highest BCUT2D eigenvalue weighted by molar-refractivity contribution is 7.05. The third-order valence-electron chi connectivity index (χ3n) is 5.07. The van der Waals surface area contributed by atoms with E-state index in [0.29, 0.717) is 31.1 Å². The van der Waals surface area contributed by atoms with Crippen molar-refractivity contribution in [3.63, 3.8) is 0 Å². The van der Waals surface area contributed by atoms with Gasteiger partial charge in [0.15, 0.2) is 5.69 Å². The molecule has 0 N–H and O–H groups in total. The summed E-state index contributed by atoms with van der Waals surface area (Å²) in [5, 5.41) is 3.93. The van der Waals surface area contributed by atoms with Crippen molar-refractivity contribution in [2.75, 3.05) is 26.2 Å². The highest BCUT2D eigenvalue weighted by atomic mass is 32.1. The topological polar surface area (TPSA) is 75.6 Å². The fourth-order valence-electron chi connectivity index (χ4n) is 3.63. The minimum Gasteiger partial charge on any atom is -0.372 e. The second kappa shape index (κ2) is 5.83. The van der Waals surface area contributed by atoms with Crippen molar-refractivity contribution in [2.24, 2.45) is 5.92 Å². The Bertz CT molecular complexity index is 616. The van der Waals surface area contributed by atoms with Gasteiger partial charge in [-0.05, 0) is 31.3 Å². The van der Waals surface area contributed by atoms with Gasteiger partial charge in [-0.3, -0.25) is 9.59 Å². The fourth-order valence-corrected chi connectivity index (χ4v) is 4.09. The maximum Gasteiger partial charge on any atom is 0.275 e. The number of rotatable bonds is 3. The maximum atomic E-state index is 12.5. The van der Waals surface area contributed by atoms with Gasteiger partial charge in [-0.2, -0.15) is 0 Å². The summed E-state index contributed by atoms with van der Waals surface area (Å²) in [5.41, 5.74) is 0.458. The molecule has 3 aliphatic rings. The van der Waals surface area contributed by atoms with E-state index in [2.05, 4.69) is 9.59 Å². The summed E-state index contributed by atoms with van der Waals surface area (Å²) in [7, 11) is 0. The predicted molar refractivity (Wildman–Crippen MR) is 83.1 cm³/mol. The molecule has 4 rings (SSSR count). The molecule has 7 nitrogen and oxygen atoms in total. The normalized spacial score (nSPS) is 29.5. The van der Waals surface area contributed by atoms with Crippen LogP contribution in [0.25, 0.3) is 0 Å². The van der Waals surface area contributed by atoms with Gasteiger partial charge in [0, 0.05) is 32.1 Å². The Morgan fingerprint density at radius 2 is 2.13 bits per heavy atom. The first-order valence-electron chi connectivity index (χ1n) is 8.13. The molecule has 3 fully saturated rings. The van der Waals surface area contributed by atoms with Crippen LogP contribution in [0.3, 0.4) is 0 Å². The summed E-state index contributed by atoms with van der Waals surface area (Å²) < 4.78 is 9.86. The monoisotopic (exact) mass is 336 g/mol. The van der Waals surface area contributed by atoms with E-state index in [1.807, 2.05) is 16.7 Å². The van der Waals surface area contributed by atoms with Crippen LogP contribution >= 0.6 is 11.5 Å². The highest BCUT2D eigenvalue weighted by Gasteiger charge is 2.44. The summed E-state index contributed by atoms with van der Waals surface area (Å²) in [4.78, 5) is 29.1. The summed E-state index contributed by atoms with van der Waals surface area (Å²) >= 11 is 1.25. The number of carbonyl (C=O) groups is 2. The number of hydrogen-bond donors (Lipinski definition) is 0. The molecular weight excluding hydrogens is 316 g/mol. The molecule has 3 saturated heterocycles. The SMILES string of the molecule is Cc1snnc1C(=O)N1C[C@@H]2C[C@@H](CC(=O)N3CCC3)O[C@@H]2C1. The van der Waals surface area contributed by atoms with E-state index in [-0.39, 0.29) is 24.0 Å². The van der Waals surface area contributed by atoms with Gasteiger partial charge in [-0.15, -0.1) is 5.10 Å². The Morgan fingerprint density at radius 3 is 2.74 bits per heavy atom. The lowest BCUT2D eigenvalue weighted by atomic mass is 10.0.